The molecular formula is C15H15N5S. The number of anilines is 1. The Kier molecular flexibility index (Phi) is 3.16. The first-order chi connectivity index (χ1) is 10.4. The molecule has 1 fully saturated rings. The van der Waals surface area contributed by atoms with Gasteiger partial charge in [0.1, 0.15) is 6.33 Å². The van der Waals surface area contributed by atoms with Gasteiger partial charge in [-0.2, -0.15) is 0 Å². The zero-order chi connectivity index (χ0) is 14.1. The minimum absolute atomic E-state index is 0.434. The van der Waals surface area contributed by atoms with E-state index in [1.807, 2.05) is 23.5 Å². The molecule has 0 aliphatic heterocycles. The maximum absolute atomic E-state index is 3.89. The lowest BCUT2D eigenvalue weighted by Gasteiger charge is -2.18. The standard InChI is InChI=1S/C15H15N5S/c1-2-14(21-9-1)15(11-3-4-11)17-12-5-7-13(8-6-12)20-10-16-18-19-20/h1-2,5-11,15,17H,3-4H2. The lowest BCUT2D eigenvalue weighted by atomic mass is 10.1. The van der Waals surface area contributed by atoms with Gasteiger partial charge in [-0.1, -0.05) is 6.07 Å². The van der Waals surface area contributed by atoms with Gasteiger partial charge in [-0.25, -0.2) is 4.68 Å². The van der Waals surface area contributed by atoms with Gasteiger partial charge >= 0.3 is 0 Å². The first kappa shape index (κ1) is 12.5. The third kappa shape index (κ3) is 2.67. The van der Waals surface area contributed by atoms with Crippen molar-refractivity contribution >= 4 is 17.0 Å². The molecule has 2 aromatic heterocycles. The predicted molar refractivity (Wildman–Crippen MR) is 82.6 cm³/mol. The summed E-state index contributed by atoms with van der Waals surface area (Å²) in [6, 6.07) is 13.0. The average molecular weight is 297 g/mol. The molecule has 1 atom stereocenters. The molecule has 1 aromatic carbocycles. The van der Waals surface area contributed by atoms with Crippen LogP contribution in [0.3, 0.4) is 0 Å². The molecule has 1 aliphatic rings. The van der Waals surface area contributed by atoms with Crippen molar-refractivity contribution in [2.45, 2.75) is 18.9 Å². The van der Waals surface area contributed by atoms with Crippen LogP contribution in [0.1, 0.15) is 23.8 Å². The number of hydrogen-bond donors (Lipinski definition) is 1. The normalized spacial score (nSPS) is 15.8. The van der Waals surface area contributed by atoms with E-state index >= 15 is 0 Å². The predicted octanol–water partition coefficient (Wildman–Crippen LogP) is 3.29. The van der Waals surface area contributed by atoms with Crippen molar-refractivity contribution < 1.29 is 0 Å². The van der Waals surface area contributed by atoms with Gasteiger partial charge in [0.25, 0.3) is 0 Å². The van der Waals surface area contributed by atoms with Crippen LogP contribution in [0, 0.1) is 5.92 Å². The van der Waals surface area contributed by atoms with Gasteiger partial charge in [0.15, 0.2) is 0 Å². The summed E-state index contributed by atoms with van der Waals surface area (Å²) >= 11 is 1.83. The van der Waals surface area contributed by atoms with Crippen LogP contribution in [0.15, 0.2) is 48.1 Å². The van der Waals surface area contributed by atoms with Crippen LogP contribution in [0.2, 0.25) is 0 Å². The van der Waals surface area contributed by atoms with Crippen molar-refractivity contribution in [3.8, 4) is 5.69 Å². The Morgan fingerprint density at radius 2 is 2.05 bits per heavy atom. The van der Waals surface area contributed by atoms with Crippen LogP contribution in [0.4, 0.5) is 5.69 Å². The SMILES string of the molecule is c1csc(C(Nc2ccc(-n3cnnn3)cc2)C2CC2)c1. The Labute approximate surface area is 126 Å². The van der Waals surface area contributed by atoms with Crippen molar-refractivity contribution in [1.29, 1.82) is 0 Å². The second-order valence-corrected chi connectivity index (χ2v) is 6.26. The molecule has 0 spiro atoms. The molecule has 0 amide bonds. The first-order valence-electron chi connectivity index (χ1n) is 7.03. The smallest absolute Gasteiger partial charge is 0.143 e. The number of rotatable bonds is 5. The van der Waals surface area contributed by atoms with Gasteiger partial charge in [-0.3, -0.25) is 0 Å². The maximum Gasteiger partial charge on any atom is 0.143 e. The van der Waals surface area contributed by atoms with E-state index in [1.165, 1.54) is 17.7 Å². The van der Waals surface area contributed by atoms with Crippen LogP contribution >= 0.6 is 11.3 Å². The maximum atomic E-state index is 3.89. The molecule has 0 saturated heterocycles. The van der Waals surface area contributed by atoms with Crippen molar-refractivity contribution in [3.05, 3.63) is 53.0 Å². The third-order valence-corrected chi connectivity index (χ3v) is 4.70. The number of nitrogens with zero attached hydrogens (tertiary/aromatic N) is 4. The Balaban J connectivity index is 1.53. The molecular weight excluding hydrogens is 282 g/mol. The first-order valence-corrected chi connectivity index (χ1v) is 7.91. The third-order valence-electron chi connectivity index (χ3n) is 3.75. The van der Waals surface area contributed by atoms with Crippen molar-refractivity contribution in [3.63, 3.8) is 0 Å². The molecule has 0 bridgehead atoms. The largest absolute Gasteiger partial charge is 0.377 e. The molecule has 1 aliphatic carbocycles. The van der Waals surface area contributed by atoms with E-state index in [0.717, 1.165) is 17.3 Å². The lowest BCUT2D eigenvalue weighted by Crippen LogP contribution is -2.11. The molecule has 5 nitrogen and oxygen atoms in total. The van der Waals surface area contributed by atoms with Gasteiger partial charge in [-0.05, 0) is 64.9 Å². The molecule has 0 radical (unpaired) electrons. The van der Waals surface area contributed by atoms with Gasteiger partial charge in [0.2, 0.25) is 0 Å². The van der Waals surface area contributed by atoms with Crippen molar-refractivity contribution in [1.82, 2.24) is 20.2 Å². The number of benzene rings is 1. The van der Waals surface area contributed by atoms with Crippen molar-refractivity contribution in [2.24, 2.45) is 5.92 Å². The Bertz CT molecular complexity index is 686. The van der Waals surface area contributed by atoms with Crippen LogP contribution in [-0.2, 0) is 0 Å². The Morgan fingerprint density at radius 3 is 2.67 bits per heavy atom. The van der Waals surface area contributed by atoms with Gasteiger partial charge in [0, 0.05) is 10.6 Å². The van der Waals surface area contributed by atoms with E-state index in [9.17, 15) is 0 Å². The second kappa shape index (κ2) is 5.29. The Morgan fingerprint density at radius 1 is 1.19 bits per heavy atom. The lowest BCUT2D eigenvalue weighted by molar-refractivity contribution is 0.691. The van der Waals surface area contributed by atoms with Gasteiger partial charge in [0.05, 0.1) is 11.7 Å². The van der Waals surface area contributed by atoms with E-state index < -0.39 is 0 Å². The number of hydrogen-bond acceptors (Lipinski definition) is 5. The molecule has 106 valence electrons. The molecule has 1 unspecified atom stereocenters. The zero-order valence-electron chi connectivity index (χ0n) is 11.4. The summed E-state index contributed by atoms with van der Waals surface area (Å²) in [6.07, 6.45) is 4.23. The fourth-order valence-electron chi connectivity index (χ4n) is 2.49. The molecule has 3 aromatic rings. The fourth-order valence-corrected chi connectivity index (χ4v) is 3.36. The summed E-state index contributed by atoms with van der Waals surface area (Å²) in [6.45, 7) is 0. The Hall–Kier alpha value is -2.21. The van der Waals surface area contributed by atoms with Gasteiger partial charge < -0.3 is 5.32 Å². The minimum Gasteiger partial charge on any atom is -0.377 e. The zero-order valence-corrected chi connectivity index (χ0v) is 12.2. The molecule has 6 heteroatoms. The van der Waals surface area contributed by atoms with E-state index in [0.29, 0.717) is 6.04 Å². The quantitative estimate of drug-likeness (QED) is 0.785. The van der Waals surface area contributed by atoms with Crippen LogP contribution in [-0.4, -0.2) is 20.2 Å². The monoisotopic (exact) mass is 297 g/mol. The summed E-state index contributed by atoms with van der Waals surface area (Å²) in [5.41, 5.74) is 2.10. The molecule has 1 N–H and O–H groups in total. The highest BCUT2D eigenvalue weighted by molar-refractivity contribution is 7.10. The van der Waals surface area contributed by atoms with E-state index in [-0.39, 0.29) is 0 Å². The summed E-state index contributed by atoms with van der Waals surface area (Å²) in [5, 5.41) is 17.0. The van der Waals surface area contributed by atoms with E-state index in [2.05, 4.69) is 50.5 Å². The van der Waals surface area contributed by atoms with E-state index in [1.54, 1.807) is 11.0 Å². The van der Waals surface area contributed by atoms with Gasteiger partial charge in [-0.15, -0.1) is 16.4 Å². The molecule has 4 rings (SSSR count). The highest BCUT2D eigenvalue weighted by Gasteiger charge is 2.32. The second-order valence-electron chi connectivity index (χ2n) is 5.28. The average Bonchev–Trinajstić information content (AvgIpc) is 3.01. The summed E-state index contributed by atoms with van der Waals surface area (Å²) in [5.74, 6) is 0.767. The van der Waals surface area contributed by atoms with Crippen molar-refractivity contribution in [2.75, 3.05) is 5.32 Å². The summed E-state index contributed by atoms with van der Waals surface area (Å²) in [7, 11) is 0. The highest BCUT2D eigenvalue weighted by Crippen LogP contribution is 2.44. The van der Waals surface area contributed by atoms with Crippen LogP contribution in [0.25, 0.3) is 5.69 Å². The minimum atomic E-state index is 0.434. The van der Waals surface area contributed by atoms with Crippen LogP contribution in [0.5, 0.6) is 0 Å². The van der Waals surface area contributed by atoms with E-state index in [4.69, 9.17) is 0 Å². The fraction of sp³-hybridized carbons (Fsp3) is 0.267. The highest BCUT2D eigenvalue weighted by atomic mass is 32.1. The number of nitrogens with one attached hydrogen (secondary N) is 1. The topological polar surface area (TPSA) is 55.6 Å². The molecule has 2 heterocycles. The molecule has 21 heavy (non-hydrogen) atoms. The summed E-state index contributed by atoms with van der Waals surface area (Å²) in [4.78, 5) is 1.42. The number of thiophene rings is 1. The number of tetrazole rings is 1. The number of aromatic nitrogens is 4. The molecule has 1 saturated carbocycles. The summed E-state index contributed by atoms with van der Waals surface area (Å²) < 4.78 is 1.65. The van der Waals surface area contributed by atoms with Crippen LogP contribution < -0.4 is 5.32 Å².